The molecule has 1 spiro atoms. The van der Waals surface area contributed by atoms with E-state index in [1.165, 1.54) is 45.8 Å². The molecule has 3 aliphatic rings. The lowest BCUT2D eigenvalue weighted by Crippen LogP contribution is -2.45. The number of nitrogens with one attached hydrogen (secondary N) is 2. The zero-order valence-electron chi connectivity index (χ0n) is 30.4. The van der Waals surface area contributed by atoms with Gasteiger partial charge in [0.2, 0.25) is 5.88 Å². The van der Waals surface area contributed by atoms with Crippen LogP contribution in [-0.4, -0.2) is 66.9 Å². The molecule has 9 nitrogen and oxygen atoms in total. The second-order valence-electron chi connectivity index (χ2n) is 11.0. The number of aromatic nitrogens is 3. The Balaban J connectivity index is 0.000000500. The van der Waals surface area contributed by atoms with E-state index in [2.05, 4.69) is 25.6 Å². The predicted octanol–water partition coefficient (Wildman–Crippen LogP) is 8.07. The van der Waals surface area contributed by atoms with Crippen LogP contribution in [-0.2, 0) is 6.18 Å². The maximum absolute atomic E-state index is 16.0. The van der Waals surface area contributed by atoms with Crippen LogP contribution in [0.15, 0.2) is 6.07 Å². The predicted molar refractivity (Wildman–Crippen MR) is 188 cm³/mol. The number of nitrogen functional groups attached to an aromatic ring is 1. The Morgan fingerprint density at radius 1 is 0.918 bits per heavy atom. The first-order valence-corrected chi connectivity index (χ1v) is 17.4. The number of rotatable bonds is 5. The lowest BCUT2D eigenvalue weighted by molar-refractivity contribution is -0.137. The van der Waals surface area contributed by atoms with Gasteiger partial charge in [0.15, 0.2) is 5.82 Å². The number of halogens is 5. The van der Waals surface area contributed by atoms with Gasteiger partial charge in [0.05, 0.1) is 25.0 Å². The van der Waals surface area contributed by atoms with Gasteiger partial charge in [-0.1, -0.05) is 41.5 Å². The van der Waals surface area contributed by atoms with E-state index in [0.29, 0.717) is 37.8 Å². The molecular weight excluding hydrogens is 645 g/mol. The van der Waals surface area contributed by atoms with Gasteiger partial charge in [-0.15, -0.1) is 0 Å². The molecule has 6 rings (SSSR count). The van der Waals surface area contributed by atoms with Crippen LogP contribution >= 0.6 is 0 Å². The fraction of sp³-hybridized carbons (Fsp3) is 0.629. The molecule has 4 N–H and O–H groups in total. The first kappa shape index (κ1) is 41.7. The molecule has 0 unspecified atom stereocenters. The normalized spacial score (nSPS) is 16.1. The van der Waals surface area contributed by atoms with E-state index in [0.717, 1.165) is 6.92 Å². The molecule has 1 saturated carbocycles. The molecule has 0 bridgehead atoms. The highest BCUT2D eigenvalue weighted by Gasteiger charge is 2.40. The smallest absolute Gasteiger partial charge is 0.417 e. The average molecular weight is 700 g/mol. The molecule has 3 aromatic rings. The first-order chi connectivity index (χ1) is 23.5. The molecular formula is C35H54F5N7O2. The Hall–Kier alpha value is -3.52. The van der Waals surface area contributed by atoms with Crippen molar-refractivity contribution in [3.8, 4) is 23.1 Å². The Labute approximate surface area is 287 Å². The largest absolute Gasteiger partial charge is 0.477 e. The van der Waals surface area contributed by atoms with Gasteiger partial charge in [-0.3, -0.25) is 0 Å². The van der Waals surface area contributed by atoms with Crippen molar-refractivity contribution in [1.29, 1.82) is 0 Å². The highest BCUT2D eigenvalue weighted by molar-refractivity contribution is 5.97. The zero-order chi connectivity index (χ0) is 36.9. The van der Waals surface area contributed by atoms with Crippen molar-refractivity contribution in [2.75, 3.05) is 57.1 Å². The van der Waals surface area contributed by atoms with Crippen molar-refractivity contribution in [1.82, 2.24) is 25.6 Å². The number of benzene rings is 1. The molecule has 0 radical (unpaired) electrons. The lowest BCUT2D eigenvalue weighted by atomic mass is 9.76. The van der Waals surface area contributed by atoms with Crippen LogP contribution in [0.25, 0.3) is 22.2 Å². The number of pyridine rings is 1. The van der Waals surface area contributed by atoms with Crippen molar-refractivity contribution in [2.45, 2.75) is 99.2 Å². The third kappa shape index (κ3) is 9.39. The summed E-state index contributed by atoms with van der Waals surface area (Å²) < 4.78 is 83.0. The summed E-state index contributed by atoms with van der Waals surface area (Å²) in [5.41, 5.74) is 1.75. The van der Waals surface area contributed by atoms with Crippen LogP contribution in [0, 0.1) is 18.6 Å². The number of fused-ring (bicyclic) bond motifs is 1. The summed E-state index contributed by atoms with van der Waals surface area (Å²) in [5, 5.41) is 6.86. The van der Waals surface area contributed by atoms with E-state index in [1.54, 1.807) is 6.92 Å². The maximum atomic E-state index is 16.0. The van der Waals surface area contributed by atoms with Crippen molar-refractivity contribution in [3.63, 3.8) is 0 Å². The molecule has 49 heavy (non-hydrogen) atoms. The second kappa shape index (κ2) is 19.0. The van der Waals surface area contributed by atoms with Gasteiger partial charge in [0, 0.05) is 37.3 Å². The minimum atomic E-state index is -5.02. The Morgan fingerprint density at radius 3 is 2.00 bits per heavy atom. The number of anilines is 2. The number of hydrogen-bond acceptors (Lipinski definition) is 9. The average Bonchev–Trinajstić information content (AvgIpc) is 3.62. The number of methoxy groups -OCH3 is 1. The monoisotopic (exact) mass is 699 g/mol. The number of nitrogens with zero attached hydrogens (tertiary/aromatic N) is 4. The van der Waals surface area contributed by atoms with Crippen molar-refractivity contribution < 1.29 is 31.4 Å². The summed E-state index contributed by atoms with van der Waals surface area (Å²) >= 11 is 0. The summed E-state index contributed by atoms with van der Waals surface area (Å²) in [7, 11) is 1.29. The van der Waals surface area contributed by atoms with Gasteiger partial charge in [0.25, 0.3) is 0 Å². The van der Waals surface area contributed by atoms with E-state index in [4.69, 9.17) is 15.2 Å². The van der Waals surface area contributed by atoms with Crippen LogP contribution in [0.1, 0.15) is 91.7 Å². The van der Waals surface area contributed by atoms with Crippen LogP contribution in [0.2, 0.25) is 0 Å². The second-order valence-corrected chi connectivity index (χ2v) is 11.0. The van der Waals surface area contributed by atoms with Crippen molar-refractivity contribution in [2.24, 2.45) is 0 Å². The van der Waals surface area contributed by atoms with Crippen molar-refractivity contribution in [3.05, 3.63) is 28.8 Å². The summed E-state index contributed by atoms with van der Waals surface area (Å²) in [5.74, 6) is -2.29. The van der Waals surface area contributed by atoms with E-state index in [9.17, 15) is 17.6 Å². The van der Waals surface area contributed by atoms with Crippen molar-refractivity contribution >= 4 is 22.4 Å². The molecule has 4 heterocycles. The van der Waals surface area contributed by atoms with E-state index in [1.807, 2.05) is 46.4 Å². The number of alkyl halides is 3. The molecule has 276 valence electrons. The van der Waals surface area contributed by atoms with Crippen LogP contribution in [0.4, 0.5) is 33.5 Å². The molecule has 1 aromatic carbocycles. The minimum Gasteiger partial charge on any atom is -0.477 e. The Bertz CT molecular complexity index is 1490. The Kier molecular flexibility index (Phi) is 16.2. The topological polar surface area (TPSA) is 110 Å². The zero-order valence-corrected chi connectivity index (χ0v) is 30.4. The molecule has 3 fully saturated rings. The Morgan fingerprint density at radius 2 is 1.53 bits per heavy atom. The highest BCUT2D eigenvalue weighted by Crippen LogP contribution is 2.45. The number of hydrogen-bond donors (Lipinski definition) is 3. The fourth-order valence-corrected chi connectivity index (χ4v) is 5.99. The van der Waals surface area contributed by atoms with Crippen LogP contribution < -0.4 is 30.7 Å². The third-order valence-electron chi connectivity index (χ3n) is 8.30. The fourth-order valence-electron chi connectivity index (χ4n) is 5.99. The van der Waals surface area contributed by atoms with E-state index < -0.39 is 45.9 Å². The van der Waals surface area contributed by atoms with Crippen LogP contribution in [0.3, 0.4) is 0 Å². The van der Waals surface area contributed by atoms with E-state index >= 15 is 4.39 Å². The highest BCUT2D eigenvalue weighted by atomic mass is 19.4. The minimum absolute atomic E-state index is 0.0803. The standard InChI is InChI=1S/C22H23F5N6O2.C7H13N.3C2H6/c1-4-35-20-13-18(31-21(34-3)32-19(13)33-7-5-29-6-8-33)16(24)17(30-20)11-9-12(28)15(23)10(2)14(11)22(25,26)27;1-3-7(4-1)5-2-6-8-7;3*1-2/h9,29H,4-8,28H2,1-3H3;8H,1-6H2;3*1-2H3. The molecule has 2 aromatic heterocycles. The number of nitrogens with two attached hydrogens (primary N) is 1. The van der Waals surface area contributed by atoms with E-state index in [-0.39, 0.29) is 35.2 Å². The molecule has 14 heteroatoms. The van der Waals surface area contributed by atoms with Gasteiger partial charge >= 0.3 is 12.2 Å². The molecule has 0 amide bonds. The van der Waals surface area contributed by atoms with Gasteiger partial charge in [-0.2, -0.15) is 23.1 Å². The number of piperazine rings is 1. The third-order valence-corrected chi connectivity index (χ3v) is 8.30. The molecule has 1 aliphatic carbocycles. The first-order valence-electron chi connectivity index (χ1n) is 17.4. The number of ether oxygens (including phenoxy) is 2. The summed E-state index contributed by atoms with van der Waals surface area (Å²) in [6.45, 7) is 18.2. The lowest BCUT2D eigenvalue weighted by Gasteiger charge is -2.38. The SMILES string of the molecule is C1CNC2(C1)CCC2.CC.CC.CC.CCOc1nc(-c2cc(N)c(F)c(C)c2C(F)(F)F)c(F)c2nc(OC)nc(N3CCNCC3)c12. The summed E-state index contributed by atoms with van der Waals surface area (Å²) in [6, 6.07) is 0.531. The molecule has 2 saturated heterocycles. The van der Waals surface area contributed by atoms with Gasteiger partial charge in [-0.05, 0) is 64.1 Å². The van der Waals surface area contributed by atoms with Crippen LogP contribution in [0.5, 0.6) is 11.9 Å². The van der Waals surface area contributed by atoms with Gasteiger partial charge in [-0.25, -0.2) is 13.8 Å². The quantitative estimate of drug-likeness (QED) is 0.180. The molecule has 2 aliphatic heterocycles. The van der Waals surface area contributed by atoms with Gasteiger partial charge < -0.3 is 30.7 Å². The van der Waals surface area contributed by atoms with Gasteiger partial charge in [0.1, 0.15) is 28.2 Å². The maximum Gasteiger partial charge on any atom is 0.417 e. The summed E-state index contributed by atoms with van der Waals surface area (Å²) in [6.07, 6.45) is 2.22. The molecule has 0 atom stereocenters. The summed E-state index contributed by atoms with van der Waals surface area (Å²) in [4.78, 5) is 14.4.